The summed E-state index contributed by atoms with van der Waals surface area (Å²) in [5, 5.41) is 5.17. The molecule has 8 nitrogen and oxygen atoms in total. The predicted octanol–water partition coefficient (Wildman–Crippen LogP) is 3.71. The van der Waals surface area contributed by atoms with Crippen molar-refractivity contribution in [3.8, 4) is 17.2 Å². The van der Waals surface area contributed by atoms with Crippen molar-refractivity contribution < 1.29 is 28.5 Å². The van der Waals surface area contributed by atoms with E-state index in [4.69, 9.17) is 18.9 Å². The fourth-order valence-electron chi connectivity index (χ4n) is 2.77. The molecule has 0 aliphatic carbocycles. The average molecular weight is 442 g/mol. The maximum absolute atomic E-state index is 12.5. The number of rotatable bonds is 9. The third kappa shape index (κ3) is 5.73. The van der Waals surface area contributed by atoms with Crippen LogP contribution in [0.4, 0.5) is 5.69 Å². The summed E-state index contributed by atoms with van der Waals surface area (Å²) < 4.78 is 20.9. The first-order valence-corrected chi connectivity index (χ1v) is 10.2. The van der Waals surface area contributed by atoms with Crippen LogP contribution in [0.1, 0.15) is 21.1 Å². The van der Waals surface area contributed by atoms with Crippen LogP contribution in [0.25, 0.3) is 0 Å². The summed E-state index contributed by atoms with van der Waals surface area (Å²) in [6, 6.07) is 12.0. The van der Waals surface area contributed by atoms with E-state index in [2.05, 4.69) is 10.3 Å². The van der Waals surface area contributed by atoms with Gasteiger partial charge in [-0.3, -0.25) is 4.79 Å². The first-order valence-electron chi connectivity index (χ1n) is 9.29. The van der Waals surface area contributed by atoms with Gasteiger partial charge in [0.2, 0.25) is 5.91 Å². The van der Waals surface area contributed by atoms with Gasteiger partial charge in [0.1, 0.15) is 34.4 Å². The van der Waals surface area contributed by atoms with Crippen LogP contribution in [-0.4, -0.2) is 38.2 Å². The predicted molar refractivity (Wildman–Crippen MR) is 116 cm³/mol. The minimum absolute atomic E-state index is 0.0240. The third-order valence-electron chi connectivity index (χ3n) is 4.27. The zero-order valence-corrected chi connectivity index (χ0v) is 18.2. The molecule has 2 aromatic carbocycles. The van der Waals surface area contributed by atoms with Crippen LogP contribution in [0.5, 0.6) is 17.2 Å². The number of hydrogen-bond donors (Lipinski definition) is 1. The lowest BCUT2D eigenvalue weighted by Crippen LogP contribution is -2.15. The second kappa shape index (κ2) is 10.4. The fraction of sp³-hybridized carbons (Fsp3) is 0.227. The molecule has 0 aliphatic rings. The Morgan fingerprint density at radius 3 is 2.52 bits per heavy atom. The third-order valence-corrected chi connectivity index (χ3v) is 5.17. The molecule has 3 aromatic rings. The van der Waals surface area contributed by atoms with Crippen LogP contribution < -0.4 is 19.5 Å². The van der Waals surface area contributed by atoms with Crippen molar-refractivity contribution in [1.82, 2.24) is 4.98 Å². The lowest BCUT2D eigenvalue weighted by Gasteiger charge is -2.10. The summed E-state index contributed by atoms with van der Waals surface area (Å²) in [4.78, 5) is 29.2. The zero-order chi connectivity index (χ0) is 22.2. The largest absolute Gasteiger partial charge is 0.497 e. The van der Waals surface area contributed by atoms with Gasteiger partial charge in [-0.05, 0) is 30.3 Å². The molecule has 0 aliphatic heterocycles. The van der Waals surface area contributed by atoms with Gasteiger partial charge in [0.05, 0.1) is 39.1 Å². The quantitative estimate of drug-likeness (QED) is 0.505. The van der Waals surface area contributed by atoms with Gasteiger partial charge >= 0.3 is 5.97 Å². The number of nitrogens with one attached hydrogen (secondary N) is 1. The molecule has 1 aromatic heterocycles. The Hall–Kier alpha value is -3.59. The molecule has 0 unspecified atom stereocenters. The number of para-hydroxylation sites is 2. The summed E-state index contributed by atoms with van der Waals surface area (Å²) >= 11 is 1.32. The molecule has 0 saturated carbocycles. The number of amides is 1. The minimum Gasteiger partial charge on any atom is -0.497 e. The Bertz CT molecular complexity index is 1070. The molecular formula is C22H22N2O6S. The molecule has 0 radical (unpaired) electrons. The van der Waals surface area contributed by atoms with Crippen molar-refractivity contribution in [3.63, 3.8) is 0 Å². The van der Waals surface area contributed by atoms with Crippen LogP contribution in [0.2, 0.25) is 0 Å². The van der Waals surface area contributed by atoms with E-state index in [0.29, 0.717) is 33.6 Å². The topological polar surface area (TPSA) is 96.0 Å². The first kappa shape index (κ1) is 22.1. The molecule has 0 saturated heterocycles. The number of aromatic nitrogens is 1. The van der Waals surface area contributed by atoms with Gasteiger partial charge in [0.15, 0.2) is 0 Å². The normalized spacial score (nSPS) is 10.3. The number of thiazole rings is 1. The Morgan fingerprint density at radius 2 is 1.77 bits per heavy atom. The molecular weight excluding hydrogens is 420 g/mol. The number of anilines is 1. The summed E-state index contributed by atoms with van der Waals surface area (Å²) in [5.41, 5.74) is 1.40. The van der Waals surface area contributed by atoms with Gasteiger partial charge in [-0.1, -0.05) is 12.1 Å². The number of benzene rings is 2. The van der Waals surface area contributed by atoms with E-state index >= 15 is 0 Å². The van der Waals surface area contributed by atoms with Gasteiger partial charge in [0.25, 0.3) is 0 Å². The number of nitrogens with zero attached hydrogens (tertiary/aromatic N) is 1. The molecule has 162 valence electrons. The standard InChI is InChI=1S/C22H22N2O6S/c1-27-15-8-9-18(28-2)16(10-15)22(26)30-12-14-13-31-21(23-14)11-20(25)24-17-6-4-5-7-19(17)29-3/h4-10,13H,11-12H2,1-3H3,(H,24,25). The van der Waals surface area contributed by atoms with E-state index in [9.17, 15) is 9.59 Å². The van der Waals surface area contributed by atoms with E-state index < -0.39 is 5.97 Å². The van der Waals surface area contributed by atoms with Crippen LogP contribution in [-0.2, 0) is 22.6 Å². The highest BCUT2D eigenvalue weighted by atomic mass is 32.1. The van der Waals surface area contributed by atoms with Gasteiger partial charge in [-0.25, -0.2) is 9.78 Å². The average Bonchev–Trinajstić information content (AvgIpc) is 3.24. The highest BCUT2D eigenvalue weighted by Gasteiger charge is 2.16. The van der Waals surface area contributed by atoms with Crippen molar-refractivity contribution in [2.75, 3.05) is 26.6 Å². The highest BCUT2D eigenvalue weighted by Crippen LogP contribution is 2.25. The van der Waals surface area contributed by atoms with E-state index in [0.717, 1.165) is 0 Å². The van der Waals surface area contributed by atoms with E-state index in [1.807, 2.05) is 12.1 Å². The molecule has 0 spiro atoms. The number of carbonyl (C=O) groups is 2. The van der Waals surface area contributed by atoms with Gasteiger partial charge in [0, 0.05) is 5.38 Å². The van der Waals surface area contributed by atoms with E-state index in [-0.39, 0.29) is 24.5 Å². The number of ether oxygens (including phenoxy) is 4. The zero-order valence-electron chi connectivity index (χ0n) is 17.3. The van der Waals surface area contributed by atoms with Crippen molar-refractivity contribution >= 4 is 28.9 Å². The second-order valence-corrected chi connectivity index (χ2v) is 7.24. The van der Waals surface area contributed by atoms with Crippen molar-refractivity contribution in [2.24, 2.45) is 0 Å². The monoisotopic (exact) mass is 442 g/mol. The Balaban J connectivity index is 1.58. The summed E-state index contributed by atoms with van der Waals surface area (Å²) in [5.74, 6) is 0.709. The van der Waals surface area contributed by atoms with E-state index in [1.54, 1.807) is 42.8 Å². The minimum atomic E-state index is -0.556. The summed E-state index contributed by atoms with van der Waals surface area (Å²) in [6.07, 6.45) is 0.0976. The number of esters is 1. The van der Waals surface area contributed by atoms with Gasteiger partial charge in [-0.15, -0.1) is 11.3 Å². The van der Waals surface area contributed by atoms with Crippen LogP contribution >= 0.6 is 11.3 Å². The molecule has 1 N–H and O–H groups in total. The summed E-state index contributed by atoms with van der Waals surface area (Å²) in [7, 11) is 4.53. The SMILES string of the molecule is COc1ccc(OC)c(C(=O)OCc2csc(CC(=O)Nc3ccccc3OC)n2)c1. The number of carbonyl (C=O) groups excluding carboxylic acids is 2. The Morgan fingerprint density at radius 1 is 1.00 bits per heavy atom. The molecule has 0 fully saturated rings. The lowest BCUT2D eigenvalue weighted by molar-refractivity contribution is -0.115. The molecule has 1 heterocycles. The molecule has 0 bridgehead atoms. The van der Waals surface area contributed by atoms with Crippen LogP contribution in [0.3, 0.4) is 0 Å². The Kier molecular flexibility index (Phi) is 7.45. The van der Waals surface area contributed by atoms with Crippen molar-refractivity contribution in [1.29, 1.82) is 0 Å². The Labute approximate surface area is 183 Å². The van der Waals surface area contributed by atoms with E-state index in [1.165, 1.54) is 25.6 Å². The molecule has 0 atom stereocenters. The number of methoxy groups -OCH3 is 3. The van der Waals surface area contributed by atoms with Crippen LogP contribution in [0.15, 0.2) is 47.8 Å². The maximum atomic E-state index is 12.5. The smallest absolute Gasteiger partial charge is 0.342 e. The number of hydrogen-bond acceptors (Lipinski definition) is 8. The highest BCUT2D eigenvalue weighted by molar-refractivity contribution is 7.09. The second-order valence-electron chi connectivity index (χ2n) is 6.30. The molecule has 9 heteroatoms. The van der Waals surface area contributed by atoms with Gasteiger partial charge in [-0.2, -0.15) is 0 Å². The van der Waals surface area contributed by atoms with Crippen molar-refractivity contribution in [2.45, 2.75) is 13.0 Å². The molecule has 31 heavy (non-hydrogen) atoms. The van der Waals surface area contributed by atoms with Gasteiger partial charge < -0.3 is 24.3 Å². The first-order chi connectivity index (χ1) is 15.0. The fourth-order valence-corrected chi connectivity index (χ4v) is 3.54. The lowest BCUT2D eigenvalue weighted by atomic mass is 10.2. The maximum Gasteiger partial charge on any atom is 0.342 e. The van der Waals surface area contributed by atoms with Crippen molar-refractivity contribution in [3.05, 3.63) is 64.1 Å². The molecule has 3 rings (SSSR count). The van der Waals surface area contributed by atoms with Crippen LogP contribution in [0, 0.1) is 0 Å². The molecule has 1 amide bonds. The summed E-state index contributed by atoms with van der Waals surface area (Å²) in [6.45, 7) is -0.0240.